The maximum absolute atomic E-state index is 14.6. The van der Waals surface area contributed by atoms with E-state index < -0.39 is 11.9 Å². The smallest absolute Gasteiger partial charge is 0.414 e. The van der Waals surface area contributed by atoms with Gasteiger partial charge < -0.3 is 19.9 Å². The van der Waals surface area contributed by atoms with Crippen LogP contribution >= 0.6 is 11.8 Å². The lowest BCUT2D eigenvalue weighted by atomic mass is 10.0. The number of nitrogens with zero attached hydrogens (tertiary/aromatic N) is 3. The van der Waals surface area contributed by atoms with Crippen LogP contribution in [0.2, 0.25) is 0 Å². The average Bonchev–Trinajstić information content (AvgIpc) is 3.42. The minimum Gasteiger partial charge on any atom is -0.444 e. The molecule has 2 amide bonds. The van der Waals surface area contributed by atoms with E-state index in [0.717, 1.165) is 4.90 Å². The first kappa shape index (κ1) is 22.1. The second kappa shape index (κ2) is 8.65. The monoisotopic (exact) mass is 495 g/mol. The van der Waals surface area contributed by atoms with Crippen LogP contribution in [0, 0.1) is 5.82 Å². The van der Waals surface area contributed by atoms with Crippen LogP contribution in [0.25, 0.3) is 11.0 Å². The molecule has 0 bridgehead atoms. The molecule has 9 nitrogen and oxygen atoms in total. The first-order valence-corrected chi connectivity index (χ1v) is 12.4. The molecule has 0 spiro atoms. The van der Waals surface area contributed by atoms with Gasteiger partial charge in [-0.25, -0.2) is 9.18 Å². The van der Waals surface area contributed by atoms with E-state index in [1.807, 2.05) is 12.1 Å². The molecule has 3 aliphatic rings. The molecule has 2 aromatic heterocycles. The summed E-state index contributed by atoms with van der Waals surface area (Å²) < 4.78 is 21.7. The Morgan fingerprint density at radius 1 is 1.20 bits per heavy atom. The Hall–Kier alpha value is -3.44. The van der Waals surface area contributed by atoms with Gasteiger partial charge in [-0.3, -0.25) is 19.5 Å². The van der Waals surface area contributed by atoms with Crippen molar-refractivity contribution in [2.24, 2.45) is 0 Å². The molecule has 0 saturated carbocycles. The topological polar surface area (TPSA) is 106 Å². The Morgan fingerprint density at radius 3 is 2.97 bits per heavy atom. The fraction of sp³-hybridized carbons (Fsp3) is 0.333. The van der Waals surface area contributed by atoms with Gasteiger partial charge >= 0.3 is 6.09 Å². The minimum absolute atomic E-state index is 0.0600. The molecule has 0 aliphatic carbocycles. The van der Waals surface area contributed by atoms with Crippen molar-refractivity contribution in [3.05, 3.63) is 58.3 Å². The molecule has 1 fully saturated rings. The van der Waals surface area contributed by atoms with E-state index in [-0.39, 0.29) is 23.5 Å². The number of anilines is 2. The van der Waals surface area contributed by atoms with E-state index >= 15 is 0 Å². The highest BCUT2D eigenvalue weighted by atomic mass is 32.2. The summed E-state index contributed by atoms with van der Waals surface area (Å²) in [6.07, 6.45) is 1.09. The van der Waals surface area contributed by atoms with E-state index in [1.165, 1.54) is 24.0 Å². The molecule has 2 N–H and O–H groups in total. The molecule has 2 atom stereocenters. The summed E-state index contributed by atoms with van der Waals surface area (Å²) in [7, 11) is 0. The Balaban J connectivity index is 1.06. The number of benzene rings is 1. The van der Waals surface area contributed by atoms with Crippen LogP contribution in [0.1, 0.15) is 17.9 Å². The SMILES string of the molecule is O=C1CSc2ccc(N3C[C@H](CCNC[C@@H]4Cn5c(=O)ccc6ncc(F)c4c65)OC3=O)cc2N1. The molecule has 1 saturated heterocycles. The van der Waals surface area contributed by atoms with Gasteiger partial charge in [-0.2, -0.15) is 0 Å². The summed E-state index contributed by atoms with van der Waals surface area (Å²) in [5.74, 6) is -0.256. The second-order valence-electron chi connectivity index (χ2n) is 8.86. The Bertz CT molecular complexity index is 1430. The summed E-state index contributed by atoms with van der Waals surface area (Å²) in [4.78, 5) is 43.1. The molecule has 35 heavy (non-hydrogen) atoms. The molecular formula is C24H22FN5O4S. The van der Waals surface area contributed by atoms with Gasteiger partial charge in [0.25, 0.3) is 5.56 Å². The first-order chi connectivity index (χ1) is 17.0. The number of pyridine rings is 2. The number of hydrogen-bond donors (Lipinski definition) is 2. The maximum atomic E-state index is 14.6. The molecule has 0 radical (unpaired) electrons. The average molecular weight is 496 g/mol. The predicted octanol–water partition coefficient (Wildman–Crippen LogP) is 2.68. The normalized spacial score (nSPS) is 20.8. The van der Waals surface area contributed by atoms with Crippen LogP contribution < -0.4 is 21.1 Å². The lowest BCUT2D eigenvalue weighted by molar-refractivity contribution is -0.113. The predicted molar refractivity (Wildman–Crippen MR) is 130 cm³/mol. The number of cyclic esters (lactones) is 1. The highest BCUT2D eigenvalue weighted by molar-refractivity contribution is 8.00. The second-order valence-corrected chi connectivity index (χ2v) is 9.88. The number of ether oxygens (including phenoxy) is 1. The lowest BCUT2D eigenvalue weighted by Gasteiger charge is -2.20. The summed E-state index contributed by atoms with van der Waals surface area (Å²) in [5, 5.41) is 6.17. The number of hydrogen-bond acceptors (Lipinski definition) is 7. The molecule has 180 valence electrons. The van der Waals surface area contributed by atoms with Gasteiger partial charge in [0.2, 0.25) is 5.91 Å². The van der Waals surface area contributed by atoms with Crippen molar-refractivity contribution in [2.45, 2.75) is 29.9 Å². The zero-order chi connectivity index (χ0) is 24.1. The van der Waals surface area contributed by atoms with Gasteiger partial charge in [0.1, 0.15) is 11.9 Å². The molecule has 11 heteroatoms. The van der Waals surface area contributed by atoms with Gasteiger partial charge in [-0.1, -0.05) is 0 Å². The van der Waals surface area contributed by atoms with E-state index in [2.05, 4.69) is 15.6 Å². The number of nitrogens with one attached hydrogen (secondary N) is 2. The van der Waals surface area contributed by atoms with Crippen molar-refractivity contribution in [3.8, 4) is 0 Å². The van der Waals surface area contributed by atoms with Crippen molar-refractivity contribution in [3.63, 3.8) is 0 Å². The number of halogens is 1. The third-order valence-corrected chi connectivity index (χ3v) is 7.69. The molecule has 5 heterocycles. The van der Waals surface area contributed by atoms with Gasteiger partial charge in [0.05, 0.1) is 35.2 Å². The van der Waals surface area contributed by atoms with Crippen molar-refractivity contribution < 1.29 is 18.7 Å². The quantitative estimate of drug-likeness (QED) is 0.507. The molecule has 3 aromatic rings. The van der Waals surface area contributed by atoms with Crippen LogP contribution in [0.4, 0.5) is 20.6 Å². The lowest BCUT2D eigenvalue weighted by Crippen LogP contribution is -2.29. The summed E-state index contributed by atoms with van der Waals surface area (Å²) in [5.41, 5.74) is 2.93. The van der Waals surface area contributed by atoms with E-state index in [1.54, 1.807) is 21.6 Å². The van der Waals surface area contributed by atoms with Crippen molar-refractivity contribution >= 4 is 46.2 Å². The van der Waals surface area contributed by atoms with Gasteiger partial charge in [0.15, 0.2) is 0 Å². The summed E-state index contributed by atoms with van der Waals surface area (Å²) in [6, 6.07) is 8.64. The molecule has 0 unspecified atom stereocenters. The largest absolute Gasteiger partial charge is 0.444 e. The third-order valence-electron chi connectivity index (χ3n) is 6.62. The number of aromatic nitrogens is 2. The first-order valence-electron chi connectivity index (χ1n) is 11.4. The Kier molecular flexibility index (Phi) is 5.45. The fourth-order valence-corrected chi connectivity index (χ4v) is 5.76. The van der Waals surface area contributed by atoms with E-state index in [4.69, 9.17) is 4.74 Å². The van der Waals surface area contributed by atoms with Gasteiger partial charge in [-0.05, 0) is 37.2 Å². The maximum Gasteiger partial charge on any atom is 0.414 e. The van der Waals surface area contributed by atoms with Crippen LogP contribution in [-0.4, -0.2) is 53.0 Å². The number of amides is 2. The molecule has 6 rings (SSSR count). The van der Waals surface area contributed by atoms with Crippen LogP contribution in [0.5, 0.6) is 0 Å². The number of carbonyl (C=O) groups excluding carboxylic acids is 2. The van der Waals surface area contributed by atoms with E-state index in [0.29, 0.717) is 66.3 Å². The van der Waals surface area contributed by atoms with Crippen molar-refractivity contribution in [1.82, 2.24) is 14.9 Å². The highest BCUT2D eigenvalue weighted by Crippen LogP contribution is 2.36. The summed E-state index contributed by atoms with van der Waals surface area (Å²) in [6.45, 7) is 1.87. The summed E-state index contributed by atoms with van der Waals surface area (Å²) >= 11 is 1.47. The van der Waals surface area contributed by atoms with Crippen LogP contribution in [-0.2, 0) is 16.1 Å². The molecule has 1 aromatic carbocycles. The Labute approximate surface area is 203 Å². The van der Waals surface area contributed by atoms with Gasteiger partial charge in [0, 0.05) is 41.2 Å². The van der Waals surface area contributed by atoms with Crippen molar-refractivity contribution in [1.29, 1.82) is 0 Å². The zero-order valence-electron chi connectivity index (χ0n) is 18.6. The number of carbonyl (C=O) groups is 2. The Morgan fingerprint density at radius 2 is 2.09 bits per heavy atom. The number of rotatable bonds is 6. The number of fused-ring (bicyclic) bond motifs is 1. The third kappa shape index (κ3) is 3.94. The number of thioether (sulfide) groups is 1. The minimum atomic E-state index is -0.420. The zero-order valence-corrected chi connectivity index (χ0v) is 19.4. The fourth-order valence-electron chi connectivity index (χ4n) is 4.97. The van der Waals surface area contributed by atoms with Gasteiger partial charge in [-0.15, -0.1) is 11.8 Å². The molecular weight excluding hydrogens is 473 g/mol. The van der Waals surface area contributed by atoms with Crippen LogP contribution in [0.15, 0.2) is 46.2 Å². The molecule has 3 aliphatic heterocycles. The standard InChI is InChI=1S/C24H22FN5O4S/c25-16-9-27-17-2-4-21(32)30-10-13(22(16)23(17)30)8-26-6-5-15-11-29(24(33)34-15)14-1-3-19-18(7-14)28-20(31)12-35-19/h1-4,7,9,13,15,26H,5-6,8,10-12H2,(H,28,31)/t13-,15+/m1/s1. The van der Waals surface area contributed by atoms with E-state index in [9.17, 15) is 18.8 Å². The van der Waals surface area contributed by atoms with Crippen LogP contribution in [0.3, 0.4) is 0 Å². The van der Waals surface area contributed by atoms with Crippen molar-refractivity contribution in [2.75, 3.05) is 35.6 Å². The highest BCUT2D eigenvalue weighted by Gasteiger charge is 2.33.